The molecule has 0 spiro atoms. The van der Waals surface area contributed by atoms with Gasteiger partial charge in [0, 0.05) is 45.2 Å². The Morgan fingerprint density at radius 2 is 1.07 bits per heavy atom. The van der Waals surface area contributed by atoms with Crippen molar-refractivity contribution in [2.75, 3.05) is 0 Å². The number of nitrogens with zero attached hydrogens (tertiary/aromatic N) is 2. The van der Waals surface area contributed by atoms with Crippen LogP contribution < -0.4 is 0 Å². The minimum atomic E-state index is 1.18. The molecule has 0 bridgehead atoms. The molecule has 0 fully saturated rings. The molecule has 46 heavy (non-hydrogen) atoms. The Bertz CT molecular complexity index is 2860. The molecule has 0 unspecified atom stereocenters. The van der Waals surface area contributed by atoms with Crippen molar-refractivity contribution >= 4 is 75.9 Å². The zero-order valence-corrected chi connectivity index (χ0v) is 25.8. The highest BCUT2D eigenvalue weighted by molar-refractivity contribution is 6.32. The van der Waals surface area contributed by atoms with Crippen LogP contribution >= 0.6 is 0 Å². The average molecular weight is 587 g/mol. The lowest BCUT2D eigenvalue weighted by Crippen LogP contribution is -1.94. The van der Waals surface area contributed by atoms with Gasteiger partial charge < -0.3 is 9.13 Å². The molecule has 0 aliphatic carbocycles. The molecule has 2 aromatic heterocycles. The van der Waals surface area contributed by atoms with E-state index >= 15 is 0 Å². The zero-order chi connectivity index (χ0) is 30.5. The summed E-state index contributed by atoms with van der Waals surface area (Å²) in [5.74, 6) is 0. The highest BCUT2D eigenvalue weighted by Crippen LogP contribution is 2.43. The van der Waals surface area contributed by atoms with Crippen LogP contribution in [0.5, 0.6) is 0 Å². The van der Waals surface area contributed by atoms with Gasteiger partial charge in [-0.2, -0.15) is 0 Å². The molecular formula is C44H30N2. The SMILES string of the molecule is Cc1ccc(-n2c3cc(-c4ccc5c(c4)c4ccccc4c4c6ccccc6n(C)c54)ccc3c3c4ccccc4ccc32)cc1. The Kier molecular flexibility index (Phi) is 5.16. The van der Waals surface area contributed by atoms with E-state index in [-0.39, 0.29) is 0 Å². The van der Waals surface area contributed by atoms with Crippen molar-refractivity contribution in [2.24, 2.45) is 7.05 Å². The molecular weight excluding hydrogens is 556 g/mol. The van der Waals surface area contributed by atoms with Gasteiger partial charge in [-0.25, -0.2) is 0 Å². The monoisotopic (exact) mass is 586 g/mol. The van der Waals surface area contributed by atoms with Crippen LogP contribution in [0.4, 0.5) is 0 Å². The molecule has 2 heteroatoms. The maximum Gasteiger partial charge on any atom is 0.0574 e. The molecule has 2 heterocycles. The number of aryl methyl sites for hydroxylation is 2. The van der Waals surface area contributed by atoms with Crippen LogP contribution in [0.15, 0.2) is 146 Å². The lowest BCUT2D eigenvalue weighted by atomic mass is 9.93. The van der Waals surface area contributed by atoms with Gasteiger partial charge in [0.25, 0.3) is 0 Å². The zero-order valence-electron chi connectivity index (χ0n) is 25.8. The number of rotatable bonds is 2. The lowest BCUT2D eigenvalue weighted by Gasteiger charge is -2.12. The van der Waals surface area contributed by atoms with Gasteiger partial charge in [-0.15, -0.1) is 0 Å². The number of para-hydroxylation sites is 1. The average Bonchev–Trinajstić information content (AvgIpc) is 3.61. The van der Waals surface area contributed by atoms with Crippen molar-refractivity contribution in [3.05, 3.63) is 151 Å². The van der Waals surface area contributed by atoms with E-state index in [4.69, 9.17) is 0 Å². The lowest BCUT2D eigenvalue weighted by molar-refractivity contribution is 1.02. The molecule has 0 aliphatic rings. The fourth-order valence-corrected chi connectivity index (χ4v) is 8.01. The smallest absolute Gasteiger partial charge is 0.0574 e. The van der Waals surface area contributed by atoms with Crippen LogP contribution in [-0.2, 0) is 7.05 Å². The second-order valence-corrected chi connectivity index (χ2v) is 12.7. The highest BCUT2D eigenvalue weighted by Gasteiger charge is 2.18. The first-order valence-corrected chi connectivity index (χ1v) is 16.0. The highest BCUT2D eigenvalue weighted by atomic mass is 15.0. The Hall–Kier alpha value is -5.86. The molecule has 0 amide bonds. The summed E-state index contributed by atoms with van der Waals surface area (Å²) in [6, 6.07) is 54.0. The molecule has 10 rings (SSSR count). The minimum Gasteiger partial charge on any atom is -0.343 e. The third kappa shape index (κ3) is 3.41. The van der Waals surface area contributed by atoms with Gasteiger partial charge in [0.15, 0.2) is 0 Å². The summed E-state index contributed by atoms with van der Waals surface area (Å²) >= 11 is 0. The second kappa shape index (κ2) is 9.32. The standard InChI is InChI=1S/C44H30N2/c1-27-15-20-31(21-16-27)46-40-24-19-28-9-3-4-10-32(28)42(40)37-23-18-30(26-41(37)46)29-17-22-35-38(25-29)33-11-5-6-12-34(33)43-36-13-7-8-14-39(36)45(2)44(35)43/h3-26H,1-2H3. The predicted molar refractivity (Wildman–Crippen MR) is 197 cm³/mol. The van der Waals surface area contributed by atoms with Crippen molar-refractivity contribution in [2.45, 2.75) is 6.92 Å². The first-order valence-electron chi connectivity index (χ1n) is 16.0. The van der Waals surface area contributed by atoms with Crippen LogP contribution in [-0.4, -0.2) is 9.13 Å². The van der Waals surface area contributed by atoms with Crippen LogP contribution in [0.1, 0.15) is 5.56 Å². The normalized spacial score (nSPS) is 12.1. The van der Waals surface area contributed by atoms with E-state index in [1.54, 1.807) is 0 Å². The summed E-state index contributed by atoms with van der Waals surface area (Å²) in [6.45, 7) is 2.15. The number of benzene rings is 8. The van der Waals surface area contributed by atoms with E-state index in [1.165, 1.54) is 98.3 Å². The van der Waals surface area contributed by atoms with E-state index in [0.717, 1.165) is 0 Å². The first kappa shape index (κ1) is 25.5. The number of hydrogen-bond acceptors (Lipinski definition) is 0. The quantitative estimate of drug-likeness (QED) is 0.178. The molecule has 216 valence electrons. The summed E-state index contributed by atoms with van der Waals surface area (Å²) in [5, 5.41) is 13.0. The molecule has 0 saturated carbocycles. The number of hydrogen-bond donors (Lipinski definition) is 0. The molecule has 0 radical (unpaired) electrons. The van der Waals surface area contributed by atoms with Crippen LogP contribution in [0, 0.1) is 6.92 Å². The fraction of sp³-hybridized carbons (Fsp3) is 0.0455. The summed E-state index contributed by atoms with van der Waals surface area (Å²) < 4.78 is 4.81. The van der Waals surface area contributed by atoms with Crippen molar-refractivity contribution in [3.63, 3.8) is 0 Å². The van der Waals surface area contributed by atoms with E-state index in [1.807, 2.05) is 0 Å². The molecule has 0 saturated heterocycles. The summed E-state index contributed by atoms with van der Waals surface area (Å²) in [7, 11) is 2.20. The molecule has 0 aliphatic heterocycles. The summed E-state index contributed by atoms with van der Waals surface area (Å²) in [6.07, 6.45) is 0. The van der Waals surface area contributed by atoms with Gasteiger partial charge in [-0.05, 0) is 81.4 Å². The fourth-order valence-electron chi connectivity index (χ4n) is 8.01. The number of aromatic nitrogens is 2. The third-order valence-corrected chi connectivity index (χ3v) is 10.1. The second-order valence-electron chi connectivity index (χ2n) is 12.7. The Morgan fingerprint density at radius 3 is 1.89 bits per heavy atom. The van der Waals surface area contributed by atoms with Crippen molar-refractivity contribution < 1.29 is 0 Å². The molecule has 8 aromatic carbocycles. The summed E-state index contributed by atoms with van der Waals surface area (Å²) in [5.41, 5.74) is 9.91. The van der Waals surface area contributed by atoms with Gasteiger partial charge in [-0.3, -0.25) is 0 Å². The van der Waals surface area contributed by atoms with Crippen molar-refractivity contribution in [1.82, 2.24) is 9.13 Å². The predicted octanol–water partition coefficient (Wildman–Crippen LogP) is 11.9. The van der Waals surface area contributed by atoms with E-state index < -0.39 is 0 Å². The van der Waals surface area contributed by atoms with E-state index in [0.29, 0.717) is 0 Å². The number of fused-ring (bicyclic) bond motifs is 13. The van der Waals surface area contributed by atoms with Gasteiger partial charge >= 0.3 is 0 Å². The molecule has 0 atom stereocenters. The van der Waals surface area contributed by atoms with Crippen LogP contribution in [0.25, 0.3) is 92.7 Å². The molecule has 2 nitrogen and oxygen atoms in total. The maximum atomic E-state index is 2.44. The van der Waals surface area contributed by atoms with Crippen LogP contribution in [0.2, 0.25) is 0 Å². The van der Waals surface area contributed by atoms with Crippen LogP contribution in [0.3, 0.4) is 0 Å². The minimum absolute atomic E-state index is 1.18. The summed E-state index contributed by atoms with van der Waals surface area (Å²) in [4.78, 5) is 0. The molecule has 0 N–H and O–H groups in total. The van der Waals surface area contributed by atoms with Gasteiger partial charge in [0.2, 0.25) is 0 Å². The molecule has 10 aromatic rings. The Balaban J connectivity index is 1.28. The van der Waals surface area contributed by atoms with E-state index in [9.17, 15) is 0 Å². The van der Waals surface area contributed by atoms with Gasteiger partial charge in [0.05, 0.1) is 16.6 Å². The Morgan fingerprint density at radius 1 is 0.413 bits per heavy atom. The largest absolute Gasteiger partial charge is 0.343 e. The van der Waals surface area contributed by atoms with Gasteiger partial charge in [-0.1, -0.05) is 115 Å². The maximum absolute atomic E-state index is 2.44. The van der Waals surface area contributed by atoms with Crippen molar-refractivity contribution in [3.8, 4) is 16.8 Å². The Labute approximate surface area is 266 Å². The van der Waals surface area contributed by atoms with Gasteiger partial charge in [0.1, 0.15) is 0 Å². The van der Waals surface area contributed by atoms with E-state index in [2.05, 4.69) is 169 Å². The first-order chi connectivity index (χ1) is 22.7. The topological polar surface area (TPSA) is 9.86 Å². The van der Waals surface area contributed by atoms with Crippen molar-refractivity contribution in [1.29, 1.82) is 0 Å². The third-order valence-electron chi connectivity index (χ3n) is 10.1.